The van der Waals surface area contributed by atoms with Crippen LogP contribution < -0.4 is 5.32 Å². The number of rotatable bonds is 8. The summed E-state index contributed by atoms with van der Waals surface area (Å²) >= 11 is 0. The van der Waals surface area contributed by atoms with Crippen LogP contribution in [0.15, 0.2) is 48.5 Å². The highest BCUT2D eigenvalue weighted by Gasteiger charge is 2.38. The second-order valence-electron chi connectivity index (χ2n) is 9.60. The number of alkyl carbamates (subject to hydrolysis) is 1. The number of ether oxygens (including phenoxy) is 1. The Morgan fingerprint density at radius 3 is 2.26 bits per heavy atom. The van der Waals surface area contributed by atoms with Gasteiger partial charge in [-0.3, -0.25) is 9.59 Å². The average molecular weight is 463 g/mol. The van der Waals surface area contributed by atoms with Gasteiger partial charge in [-0.15, -0.1) is 0 Å². The van der Waals surface area contributed by atoms with Crippen LogP contribution in [0, 0.1) is 5.92 Å². The first-order chi connectivity index (χ1) is 16.5. The van der Waals surface area contributed by atoms with Crippen LogP contribution in [0.4, 0.5) is 4.79 Å². The number of amides is 2. The Hall–Kier alpha value is -3.35. The van der Waals surface area contributed by atoms with E-state index in [2.05, 4.69) is 29.6 Å². The van der Waals surface area contributed by atoms with Gasteiger partial charge in [0, 0.05) is 31.0 Å². The molecule has 5 rings (SSSR count). The number of carboxylic acid groups (broad SMARTS) is 1. The number of nitrogens with one attached hydrogen (secondary N) is 1. The fourth-order valence-corrected chi connectivity index (χ4v) is 5.51. The van der Waals surface area contributed by atoms with Gasteiger partial charge in [-0.25, -0.2) is 4.79 Å². The summed E-state index contributed by atoms with van der Waals surface area (Å²) < 4.78 is 5.68. The van der Waals surface area contributed by atoms with Crippen molar-refractivity contribution in [2.75, 3.05) is 13.2 Å². The van der Waals surface area contributed by atoms with E-state index < -0.39 is 12.1 Å². The summed E-state index contributed by atoms with van der Waals surface area (Å²) in [6, 6.07) is 15.9. The van der Waals surface area contributed by atoms with Crippen molar-refractivity contribution in [1.29, 1.82) is 0 Å². The van der Waals surface area contributed by atoms with Gasteiger partial charge in [-0.1, -0.05) is 48.5 Å². The summed E-state index contributed by atoms with van der Waals surface area (Å²) in [4.78, 5) is 38.5. The van der Waals surface area contributed by atoms with Crippen LogP contribution in [-0.2, 0) is 14.3 Å². The van der Waals surface area contributed by atoms with Crippen LogP contribution in [0.2, 0.25) is 0 Å². The number of carboxylic acids is 1. The molecule has 1 aliphatic heterocycles. The van der Waals surface area contributed by atoms with Crippen LogP contribution in [0.3, 0.4) is 0 Å². The van der Waals surface area contributed by atoms with Crippen molar-refractivity contribution in [1.82, 2.24) is 10.2 Å². The molecule has 2 atom stereocenters. The van der Waals surface area contributed by atoms with E-state index in [9.17, 15) is 14.4 Å². The zero-order chi connectivity index (χ0) is 23.7. The van der Waals surface area contributed by atoms with E-state index in [-0.39, 0.29) is 49.3 Å². The number of nitrogens with zero attached hydrogens (tertiary/aromatic N) is 1. The number of benzene rings is 2. The molecule has 0 radical (unpaired) electrons. The number of fused-ring (bicyclic) bond motifs is 3. The first-order valence-electron chi connectivity index (χ1n) is 12.1. The molecule has 0 spiro atoms. The lowest BCUT2D eigenvalue weighted by atomic mass is 9.98. The van der Waals surface area contributed by atoms with Crippen molar-refractivity contribution in [2.45, 2.75) is 56.5 Å². The molecule has 1 unspecified atom stereocenters. The molecular weight excluding hydrogens is 432 g/mol. The van der Waals surface area contributed by atoms with E-state index in [1.54, 1.807) is 4.90 Å². The van der Waals surface area contributed by atoms with Crippen molar-refractivity contribution >= 4 is 18.0 Å². The zero-order valence-corrected chi connectivity index (χ0v) is 19.1. The monoisotopic (exact) mass is 462 g/mol. The largest absolute Gasteiger partial charge is 0.481 e. The Morgan fingerprint density at radius 1 is 1.00 bits per heavy atom. The quantitative estimate of drug-likeness (QED) is 0.614. The molecule has 178 valence electrons. The molecule has 3 aliphatic rings. The molecular formula is C27H30N2O5. The van der Waals surface area contributed by atoms with Crippen LogP contribution >= 0.6 is 0 Å². The first-order valence-corrected chi connectivity index (χ1v) is 12.1. The van der Waals surface area contributed by atoms with Crippen molar-refractivity contribution < 1.29 is 24.2 Å². The average Bonchev–Trinajstić information content (AvgIpc) is 3.49. The number of carbonyl (C=O) groups excluding carboxylic acids is 2. The van der Waals surface area contributed by atoms with Crippen LogP contribution in [0.5, 0.6) is 0 Å². The summed E-state index contributed by atoms with van der Waals surface area (Å²) in [7, 11) is 0. The van der Waals surface area contributed by atoms with E-state index >= 15 is 0 Å². The van der Waals surface area contributed by atoms with Crippen molar-refractivity contribution in [2.24, 2.45) is 5.92 Å². The Morgan fingerprint density at radius 2 is 1.65 bits per heavy atom. The lowest BCUT2D eigenvalue weighted by Gasteiger charge is -2.26. The molecule has 0 aromatic heterocycles. The lowest BCUT2D eigenvalue weighted by molar-refractivity contribution is -0.140. The molecule has 2 aromatic rings. The molecule has 1 saturated carbocycles. The SMILES string of the molecule is O=C(O)C[C@@H]1CCCN1C(=O)CC(NC(=O)OCC1c2ccccc2-c2ccccc21)C1CC1. The van der Waals surface area contributed by atoms with Gasteiger partial charge >= 0.3 is 12.1 Å². The molecule has 7 nitrogen and oxygen atoms in total. The van der Waals surface area contributed by atoms with Gasteiger partial charge in [0.25, 0.3) is 0 Å². The predicted molar refractivity (Wildman–Crippen MR) is 126 cm³/mol. The highest BCUT2D eigenvalue weighted by molar-refractivity contribution is 5.80. The third kappa shape index (κ3) is 4.65. The molecule has 2 aliphatic carbocycles. The summed E-state index contributed by atoms with van der Waals surface area (Å²) in [5.41, 5.74) is 4.66. The minimum atomic E-state index is -0.889. The van der Waals surface area contributed by atoms with Crippen molar-refractivity contribution in [3.63, 3.8) is 0 Å². The van der Waals surface area contributed by atoms with Crippen molar-refractivity contribution in [3.05, 3.63) is 59.7 Å². The molecule has 1 saturated heterocycles. The normalized spacial score (nSPS) is 19.9. The number of hydrogen-bond donors (Lipinski definition) is 2. The van der Waals surface area contributed by atoms with Gasteiger partial charge in [0.2, 0.25) is 5.91 Å². The fraction of sp³-hybridized carbons (Fsp3) is 0.444. The third-order valence-electron chi connectivity index (χ3n) is 7.34. The van der Waals surface area contributed by atoms with Crippen LogP contribution in [-0.4, -0.2) is 53.2 Å². The smallest absolute Gasteiger partial charge is 0.407 e. The topological polar surface area (TPSA) is 95.9 Å². The molecule has 1 heterocycles. The Labute approximate surface area is 199 Å². The minimum absolute atomic E-state index is 0.0134. The van der Waals surface area contributed by atoms with Gasteiger partial charge in [0.05, 0.1) is 6.42 Å². The highest BCUT2D eigenvalue weighted by Crippen LogP contribution is 2.44. The summed E-state index contributed by atoms with van der Waals surface area (Å²) in [5, 5.41) is 12.1. The summed E-state index contributed by atoms with van der Waals surface area (Å²) in [6.45, 7) is 0.817. The van der Waals surface area contributed by atoms with Crippen LogP contribution in [0.1, 0.15) is 55.6 Å². The predicted octanol–water partition coefficient (Wildman–Crippen LogP) is 4.16. The number of carbonyl (C=O) groups is 3. The Balaban J connectivity index is 1.20. The Kier molecular flexibility index (Phi) is 6.26. The van der Waals surface area contributed by atoms with Gasteiger partial charge in [0.15, 0.2) is 0 Å². The molecule has 0 bridgehead atoms. The van der Waals surface area contributed by atoms with E-state index in [0.717, 1.165) is 30.4 Å². The Bertz CT molecular complexity index is 1050. The third-order valence-corrected chi connectivity index (χ3v) is 7.34. The maximum atomic E-state index is 12.9. The molecule has 34 heavy (non-hydrogen) atoms. The maximum absolute atomic E-state index is 12.9. The number of likely N-dealkylation sites (tertiary alicyclic amines) is 1. The zero-order valence-electron chi connectivity index (χ0n) is 19.1. The second kappa shape index (κ2) is 9.49. The second-order valence-corrected chi connectivity index (χ2v) is 9.60. The standard InChI is InChI=1S/C27H30N2O5/c30-25(29-13-5-6-18(29)14-26(31)32)15-24(17-11-12-17)28-27(33)34-16-23-21-9-3-1-7-19(21)20-8-2-4-10-22(20)23/h1-4,7-10,17-18,23-24H,5-6,11-16H2,(H,28,33)(H,31,32)/t18-,24?/m0/s1. The minimum Gasteiger partial charge on any atom is -0.481 e. The molecule has 7 heteroatoms. The number of hydrogen-bond acceptors (Lipinski definition) is 4. The molecule has 2 amide bonds. The van der Waals surface area contributed by atoms with E-state index in [1.807, 2.05) is 24.3 Å². The molecule has 2 fully saturated rings. The molecule has 2 N–H and O–H groups in total. The van der Waals surface area contributed by atoms with Gasteiger partial charge < -0.3 is 20.1 Å². The first kappa shape index (κ1) is 22.4. The van der Waals surface area contributed by atoms with Crippen LogP contribution in [0.25, 0.3) is 11.1 Å². The van der Waals surface area contributed by atoms with E-state index in [4.69, 9.17) is 9.84 Å². The highest BCUT2D eigenvalue weighted by atomic mass is 16.5. The number of aliphatic carboxylic acids is 1. The van der Waals surface area contributed by atoms with Gasteiger partial charge in [-0.05, 0) is 53.9 Å². The molecule has 2 aromatic carbocycles. The summed E-state index contributed by atoms with van der Waals surface area (Å²) in [5.74, 6) is -0.717. The van der Waals surface area contributed by atoms with Crippen molar-refractivity contribution in [3.8, 4) is 11.1 Å². The maximum Gasteiger partial charge on any atom is 0.407 e. The van der Waals surface area contributed by atoms with Gasteiger partial charge in [-0.2, -0.15) is 0 Å². The van der Waals surface area contributed by atoms with Gasteiger partial charge in [0.1, 0.15) is 6.61 Å². The lowest BCUT2D eigenvalue weighted by Crippen LogP contribution is -2.44. The fourth-order valence-electron chi connectivity index (χ4n) is 5.51. The summed E-state index contributed by atoms with van der Waals surface area (Å²) in [6.07, 6.45) is 3.13. The van der Waals surface area contributed by atoms with E-state index in [0.29, 0.717) is 13.0 Å². The van der Waals surface area contributed by atoms with E-state index in [1.165, 1.54) is 11.1 Å².